The molecule has 0 spiro atoms. The van der Waals surface area contributed by atoms with Crippen molar-refractivity contribution < 1.29 is 19.4 Å². The lowest BCUT2D eigenvalue weighted by Gasteiger charge is -2.55. The lowest BCUT2D eigenvalue weighted by molar-refractivity contribution is -0.169. The Hall–Kier alpha value is -1.42. The average molecular weight is 471 g/mol. The first-order valence-corrected chi connectivity index (χ1v) is 13.7. The molecule has 1 N–H and O–H groups in total. The molecule has 8 atom stereocenters. The van der Waals surface area contributed by atoms with Gasteiger partial charge in [-0.05, 0) is 92.8 Å². The summed E-state index contributed by atoms with van der Waals surface area (Å²) in [5.41, 5.74) is -0.0722. The van der Waals surface area contributed by atoms with E-state index in [2.05, 4.69) is 47.3 Å². The highest BCUT2D eigenvalue weighted by molar-refractivity contribution is 6.18. The van der Waals surface area contributed by atoms with Crippen LogP contribution in [-0.2, 0) is 14.3 Å². The molecule has 3 unspecified atom stereocenters. The first-order chi connectivity index (χ1) is 15.9. The van der Waals surface area contributed by atoms with Crippen molar-refractivity contribution in [2.45, 2.75) is 98.5 Å². The zero-order valence-corrected chi connectivity index (χ0v) is 22.3. The van der Waals surface area contributed by atoms with Crippen LogP contribution < -0.4 is 0 Å². The maximum Gasteiger partial charge on any atom is 0.346 e. The van der Waals surface area contributed by atoms with Crippen molar-refractivity contribution >= 4 is 11.8 Å². The fraction of sp³-hybridized carbons (Fsp3) is 0.800. The number of Topliss-reactive ketones (excluding diaryl/α,β-unsaturated/α-hetero) is 1. The number of ether oxygens (including phenoxy) is 1. The Balaban J connectivity index is 1.54. The zero-order valence-electron chi connectivity index (χ0n) is 22.3. The molecule has 3 fully saturated rings. The Kier molecular flexibility index (Phi) is 6.72. The van der Waals surface area contributed by atoms with Crippen molar-refractivity contribution in [1.82, 2.24) is 0 Å². The molecule has 0 aromatic heterocycles. The molecule has 4 aliphatic carbocycles. The second kappa shape index (κ2) is 8.91. The van der Waals surface area contributed by atoms with Gasteiger partial charge in [-0.2, -0.15) is 0 Å². The van der Waals surface area contributed by atoms with E-state index in [0.29, 0.717) is 40.6 Å². The van der Waals surface area contributed by atoms with Gasteiger partial charge >= 0.3 is 5.97 Å². The molecule has 4 nitrogen and oxygen atoms in total. The number of hydrogen-bond donors (Lipinski definition) is 1. The second-order valence-corrected chi connectivity index (χ2v) is 12.8. The van der Waals surface area contributed by atoms with Crippen LogP contribution in [0, 0.1) is 46.3 Å². The van der Waals surface area contributed by atoms with Gasteiger partial charge < -0.3 is 9.84 Å². The number of aliphatic hydroxyl groups is 1. The molecule has 3 saturated carbocycles. The highest BCUT2D eigenvalue weighted by Crippen LogP contribution is 2.68. The van der Waals surface area contributed by atoms with Gasteiger partial charge in [0.05, 0.1) is 6.61 Å². The summed E-state index contributed by atoms with van der Waals surface area (Å²) in [6, 6.07) is 0. The molecule has 4 rings (SSSR count). The molecule has 0 aromatic rings. The predicted molar refractivity (Wildman–Crippen MR) is 135 cm³/mol. The Morgan fingerprint density at radius 2 is 1.91 bits per heavy atom. The lowest BCUT2D eigenvalue weighted by atomic mass is 9.49. The summed E-state index contributed by atoms with van der Waals surface area (Å²) < 4.78 is 5.12. The molecule has 0 aromatic carbocycles. The molecule has 0 heterocycles. The van der Waals surface area contributed by atoms with Crippen LogP contribution in [0.4, 0.5) is 0 Å². The fourth-order valence-corrected chi connectivity index (χ4v) is 8.80. The van der Waals surface area contributed by atoms with Crippen LogP contribution in [0.1, 0.15) is 92.9 Å². The molecule has 4 aliphatic rings. The number of hydrogen-bond acceptors (Lipinski definition) is 4. The molecule has 0 saturated heterocycles. The second-order valence-electron chi connectivity index (χ2n) is 12.8. The third kappa shape index (κ3) is 3.74. The fourth-order valence-electron chi connectivity index (χ4n) is 8.80. The Morgan fingerprint density at radius 1 is 1.21 bits per heavy atom. The largest absolute Gasteiger partial charge is 0.464 e. The maximum atomic E-state index is 13.2. The number of carbonyl (C=O) groups is 2. The standard InChI is InChI=1S/C30H46O4/c1-8-34-27(32)30(33)17-29(7)24-15-16-28(6)22(20(5)10-9-19(4)18(2)3)13-14-23(28)21(24)11-12-25(29)26(30)31/h12,18,20-24,33H,4,8-11,13-17H2,1-3,5-7H3/t20-,21?,22-,23?,24?,28-,29-,30+/m1/s1. The number of carbonyl (C=O) groups excluding carboxylic acids is 2. The molecule has 0 radical (unpaired) electrons. The molecular weight excluding hydrogens is 424 g/mol. The summed E-state index contributed by atoms with van der Waals surface area (Å²) in [6.07, 6.45) is 10.3. The van der Waals surface area contributed by atoms with Crippen LogP contribution in [0.15, 0.2) is 23.8 Å². The van der Waals surface area contributed by atoms with Crippen LogP contribution in [0.25, 0.3) is 0 Å². The Morgan fingerprint density at radius 3 is 2.56 bits per heavy atom. The van der Waals surface area contributed by atoms with Gasteiger partial charge in [-0.3, -0.25) is 4.79 Å². The number of allylic oxidation sites excluding steroid dienone is 2. The monoisotopic (exact) mass is 470 g/mol. The first kappa shape index (κ1) is 25.7. The van der Waals surface area contributed by atoms with Gasteiger partial charge in [0, 0.05) is 17.4 Å². The highest BCUT2D eigenvalue weighted by Gasteiger charge is 2.67. The SMILES string of the molecule is C=C(CC[C@@H](C)[C@H]1CCC2C3CC=C4C(=O)[C@](O)(C(=O)OCC)C[C@]4(C)C3CC[C@@]21C)C(C)C. The van der Waals surface area contributed by atoms with Crippen molar-refractivity contribution in [3.63, 3.8) is 0 Å². The molecule has 0 amide bonds. The summed E-state index contributed by atoms with van der Waals surface area (Å²) >= 11 is 0. The smallest absolute Gasteiger partial charge is 0.346 e. The third-order valence-corrected chi connectivity index (χ3v) is 10.8. The van der Waals surface area contributed by atoms with Crippen LogP contribution in [0.3, 0.4) is 0 Å². The van der Waals surface area contributed by atoms with Crippen molar-refractivity contribution in [2.24, 2.45) is 46.3 Å². The van der Waals surface area contributed by atoms with Gasteiger partial charge in [0.15, 0.2) is 0 Å². The van der Waals surface area contributed by atoms with Crippen molar-refractivity contribution in [2.75, 3.05) is 6.61 Å². The van der Waals surface area contributed by atoms with E-state index in [-0.39, 0.29) is 13.0 Å². The summed E-state index contributed by atoms with van der Waals surface area (Å²) in [5.74, 6) is 2.30. The van der Waals surface area contributed by atoms with Crippen LogP contribution >= 0.6 is 0 Å². The minimum Gasteiger partial charge on any atom is -0.464 e. The molecule has 0 aliphatic heterocycles. The van der Waals surface area contributed by atoms with Crippen LogP contribution in [0.2, 0.25) is 0 Å². The lowest BCUT2D eigenvalue weighted by Crippen LogP contribution is -2.49. The average Bonchev–Trinajstić information content (AvgIpc) is 3.23. The van der Waals surface area contributed by atoms with Crippen molar-refractivity contribution in [1.29, 1.82) is 0 Å². The summed E-state index contributed by atoms with van der Waals surface area (Å²) in [4.78, 5) is 25.8. The Bertz CT molecular complexity index is 886. The summed E-state index contributed by atoms with van der Waals surface area (Å²) in [6.45, 7) is 17.8. The quantitative estimate of drug-likeness (QED) is 0.270. The van der Waals surface area contributed by atoms with E-state index >= 15 is 0 Å². The van der Waals surface area contributed by atoms with Crippen molar-refractivity contribution in [3.8, 4) is 0 Å². The van der Waals surface area contributed by atoms with E-state index < -0.39 is 22.8 Å². The summed E-state index contributed by atoms with van der Waals surface area (Å²) in [5, 5.41) is 11.2. The van der Waals surface area contributed by atoms with Gasteiger partial charge in [0.25, 0.3) is 0 Å². The molecule has 0 bridgehead atoms. The molecule has 190 valence electrons. The van der Waals surface area contributed by atoms with Crippen LogP contribution in [0.5, 0.6) is 0 Å². The predicted octanol–water partition coefficient (Wildman–Crippen LogP) is 6.28. The van der Waals surface area contributed by atoms with Crippen LogP contribution in [-0.4, -0.2) is 29.1 Å². The summed E-state index contributed by atoms with van der Waals surface area (Å²) in [7, 11) is 0. The van der Waals surface area contributed by atoms with Gasteiger partial charge in [-0.15, -0.1) is 0 Å². The van der Waals surface area contributed by atoms with Crippen molar-refractivity contribution in [3.05, 3.63) is 23.8 Å². The topological polar surface area (TPSA) is 63.6 Å². The van der Waals surface area contributed by atoms with E-state index in [4.69, 9.17) is 4.74 Å². The van der Waals surface area contributed by atoms with Gasteiger partial charge in [0.2, 0.25) is 11.4 Å². The highest BCUT2D eigenvalue weighted by atomic mass is 16.5. The number of fused-ring (bicyclic) bond motifs is 5. The number of esters is 1. The normalized spacial score (nSPS) is 42.0. The Labute approximate surface area is 206 Å². The van der Waals surface area contributed by atoms with E-state index in [1.165, 1.54) is 31.3 Å². The zero-order chi connectivity index (χ0) is 25.1. The molecular formula is C30H46O4. The van der Waals surface area contributed by atoms with Gasteiger partial charge in [0.1, 0.15) is 0 Å². The van der Waals surface area contributed by atoms with Gasteiger partial charge in [-0.1, -0.05) is 52.8 Å². The van der Waals surface area contributed by atoms with Gasteiger partial charge in [-0.25, -0.2) is 4.79 Å². The minimum atomic E-state index is -2.02. The number of ketones is 1. The maximum absolute atomic E-state index is 13.2. The minimum absolute atomic E-state index is 0.167. The first-order valence-electron chi connectivity index (χ1n) is 13.7. The van der Waals surface area contributed by atoms with E-state index in [9.17, 15) is 14.7 Å². The van der Waals surface area contributed by atoms with E-state index in [0.717, 1.165) is 25.2 Å². The van der Waals surface area contributed by atoms with E-state index in [1.54, 1.807) is 6.92 Å². The third-order valence-electron chi connectivity index (χ3n) is 10.8. The molecule has 4 heteroatoms. The number of rotatable bonds is 7. The molecule has 34 heavy (non-hydrogen) atoms. The van der Waals surface area contributed by atoms with E-state index in [1.807, 2.05) is 0 Å².